The molecular weight excluding hydrogens is 523 g/mol. The van der Waals surface area contributed by atoms with Crippen LogP contribution in [-0.2, 0) is 13.1 Å². The van der Waals surface area contributed by atoms with Crippen LogP contribution in [0, 0.1) is 0 Å². The zero-order valence-corrected chi connectivity index (χ0v) is 22.2. The van der Waals surface area contributed by atoms with Gasteiger partial charge in [0, 0.05) is 35.2 Å². The number of nitrogens with one attached hydrogen (secondary N) is 1. The predicted molar refractivity (Wildman–Crippen MR) is 149 cm³/mol. The Balaban J connectivity index is 1.30. The Hall–Kier alpha value is -3.52. The summed E-state index contributed by atoms with van der Waals surface area (Å²) in [6.45, 7) is 2.65. The van der Waals surface area contributed by atoms with Crippen LogP contribution in [-0.4, -0.2) is 46.9 Å². The molecule has 0 saturated heterocycles. The number of para-hydroxylation sites is 1. The minimum Gasteiger partial charge on any atom is -0.489 e. The van der Waals surface area contributed by atoms with Crippen molar-refractivity contribution in [2.24, 2.45) is 0 Å². The number of imidazole rings is 1. The van der Waals surface area contributed by atoms with E-state index in [4.69, 9.17) is 27.9 Å². The number of aliphatic hydroxyl groups is 1. The highest BCUT2D eigenvalue weighted by Crippen LogP contribution is 2.36. The van der Waals surface area contributed by atoms with Crippen molar-refractivity contribution in [2.45, 2.75) is 19.0 Å². The number of hydrogen-bond acceptors (Lipinski definition) is 5. The molecule has 2 heterocycles. The van der Waals surface area contributed by atoms with Gasteiger partial charge in [0.25, 0.3) is 5.91 Å². The van der Waals surface area contributed by atoms with E-state index in [0.29, 0.717) is 47.6 Å². The molecule has 1 amide bonds. The smallest absolute Gasteiger partial charge is 0.255 e. The number of hydrogen-bond donors (Lipinski definition) is 2. The van der Waals surface area contributed by atoms with E-state index in [1.807, 2.05) is 61.1 Å². The lowest BCUT2D eigenvalue weighted by Crippen LogP contribution is -2.35. The predicted octanol–water partition coefficient (Wildman–Crippen LogP) is 5.14. The molecule has 2 N–H and O–H groups in total. The van der Waals surface area contributed by atoms with Crippen LogP contribution in [0.1, 0.15) is 33.1 Å². The Morgan fingerprint density at radius 3 is 2.50 bits per heavy atom. The molecule has 0 spiro atoms. The van der Waals surface area contributed by atoms with Crippen molar-refractivity contribution in [3.05, 3.63) is 112 Å². The molecule has 1 unspecified atom stereocenters. The summed E-state index contributed by atoms with van der Waals surface area (Å²) in [6.07, 6.45) is 3.70. The number of aliphatic hydroxyl groups excluding tert-OH is 1. The van der Waals surface area contributed by atoms with E-state index >= 15 is 0 Å². The van der Waals surface area contributed by atoms with Crippen molar-refractivity contribution >= 4 is 34.8 Å². The first-order chi connectivity index (χ1) is 18.5. The third-order valence-corrected chi connectivity index (χ3v) is 7.18. The molecule has 0 aliphatic carbocycles. The normalized spacial score (nSPS) is 13.5. The highest BCUT2D eigenvalue weighted by Gasteiger charge is 2.25. The number of halogens is 2. The van der Waals surface area contributed by atoms with E-state index in [1.54, 1.807) is 18.2 Å². The van der Waals surface area contributed by atoms with Gasteiger partial charge in [0.1, 0.15) is 6.61 Å². The molecule has 1 aliphatic heterocycles. The molecule has 1 aromatic heterocycles. The van der Waals surface area contributed by atoms with Gasteiger partial charge in [-0.25, -0.2) is 4.98 Å². The summed E-state index contributed by atoms with van der Waals surface area (Å²) >= 11 is 12.0. The maximum atomic E-state index is 13.2. The zero-order chi connectivity index (χ0) is 26.5. The largest absolute Gasteiger partial charge is 0.489 e. The number of rotatable bonds is 9. The van der Waals surface area contributed by atoms with Crippen LogP contribution in [0.15, 0.2) is 79.3 Å². The first kappa shape index (κ1) is 26.1. The fourth-order valence-electron chi connectivity index (χ4n) is 4.59. The van der Waals surface area contributed by atoms with E-state index in [0.717, 1.165) is 22.5 Å². The van der Waals surface area contributed by atoms with Gasteiger partial charge in [-0.3, -0.25) is 4.79 Å². The van der Waals surface area contributed by atoms with Gasteiger partial charge in [-0.1, -0.05) is 53.5 Å². The summed E-state index contributed by atoms with van der Waals surface area (Å²) in [5.74, 6) is 0.0741. The summed E-state index contributed by atoms with van der Waals surface area (Å²) in [5, 5.41) is 14.2. The number of carbonyl (C=O) groups is 1. The van der Waals surface area contributed by atoms with E-state index in [9.17, 15) is 9.90 Å². The Kier molecular flexibility index (Phi) is 8.17. The summed E-state index contributed by atoms with van der Waals surface area (Å²) in [7, 11) is 0. The van der Waals surface area contributed by atoms with Crippen LogP contribution >= 0.6 is 23.2 Å². The SMILES string of the molecule is O=C(NCC(CO)c1ccc(Cl)cc1)c1cccc2c1OCCN2Cc1cncn1Cc1ccc(Cl)cc1. The Bertz CT molecular complexity index is 1390. The molecule has 1 atom stereocenters. The number of fused-ring (bicyclic) bond motifs is 1. The summed E-state index contributed by atoms with van der Waals surface area (Å²) < 4.78 is 8.10. The van der Waals surface area contributed by atoms with Crippen LogP contribution < -0.4 is 15.0 Å². The molecule has 9 heteroatoms. The van der Waals surface area contributed by atoms with Gasteiger partial charge in [-0.15, -0.1) is 0 Å². The first-order valence-electron chi connectivity index (χ1n) is 12.4. The van der Waals surface area contributed by atoms with E-state index in [2.05, 4.69) is 19.8 Å². The number of amides is 1. The quantitative estimate of drug-likeness (QED) is 0.301. The zero-order valence-electron chi connectivity index (χ0n) is 20.7. The van der Waals surface area contributed by atoms with Crippen molar-refractivity contribution in [3.63, 3.8) is 0 Å². The summed E-state index contributed by atoms with van der Waals surface area (Å²) in [5.41, 5.74) is 4.42. The van der Waals surface area contributed by atoms with Crippen LogP contribution in [0.25, 0.3) is 0 Å². The molecule has 4 aromatic rings. The minimum atomic E-state index is -0.246. The van der Waals surface area contributed by atoms with Gasteiger partial charge < -0.3 is 24.6 Å². The average Bonchev–Trinajstić information content (AvgIpc) is 3.37. The molecule has 5 rings (SSSR count). The van der Waals surface area contributed by atoms with Crippen LogP contribution in [0.2, 0.25) is 10.0 Å². The van der Waals surface area contributed by atoms with Crippen molar-refractivity contribution in [1.29, 1.82) is 0 Å². The molecule has 38 heavy (non-hydrogen) atoms. The Labute approximate surface area is 231 Å². The number of anilines is 1. The van der Waals surface area contributed by atoms with Gasteiger partial charge in [0.05, 0.1) is 43.0 Å². The highest BCUT2D eigenvalue weighted by molar-refractivity contribution is 6.30. The molecule has 0 fully saturated rings. The van der Waals surface area contributed by atoms with Crippen molar-refractivity contribution in [3.8, 4) is 5.75 Å². The maximum absolute atomic E-state index is 13.2. The second-order valence-electron chi connectivity index (χ2n) is 9.20. The molecule has 0 bridgehead atoms. The molecule has 1 aliphatic rings. The third-order valence-electron chi connectivity index (χ3n) is 6.68. The fraction of sp³-hybridized carbons (Fsp3) is 0.241. The number of benzene rings is 3. The highest BCUT2D eigenvalue weighted by atomic mass is 35.5. The Morgan fingerprint density at radius 2 is 1.76 bits per heavy atom. The van der Waals surface area contributed by atoms with Crippen molar-refractivity contribution in [1.82, 2.24) is 14.9 Å². The molecule has 3 aromatic carbocycles. The van der Waals surface area contributed by atoms with E-state index in [-0.39, 0.29) is 25.0 Å². The second-order valence-corrected chi connectivity index (χ2v) is 10.1. The van der Waals surface area contributed by atoms with Gasteiger partial charge in [-0.05, 0) is 47.5 Å². The van der Waals surface area contributed by atoms with E-state index < -0.39 is 0 Å². The van der Waals surface area contributed by atoms with E-state index in [1.165, 1.54) is 0 Å². The molecular formula is C29H28Cl2N4O3. The minimum absolute atomic E-state index is 0.0945. The van der Waals surface area contributed by atoms with Gasteiger partial charge in [0.2, 0.25) is 0 Å². The first-order valence-corrected chi connectivity index (χ1v) is 13.2. The lowest BCUT2D eigenvalue weighted by atomic mass is 10.00. The van der Waals surface area contributed by atoms with Gasteiger partial charge >= 0.3 is 0 Å². The molecule has 7 nitrogen and oxygen atoms in total. The third kappa shape index (κ3) is 5.96. The van der Waals surface area contributed by atoms with Gasteiger partial charge in [-0.2, -0.15) is 0 Å². The molecule has 0 saturated carbocycles. The second kappa shape index (κ2) is 11.9. The Morgan fingerprint density at radius 1 is 1.03 bits per heavy atom. The van der Waals surface area contributed by atoms with Gasteiger partial charge in [0.15, 0.2) is 5.75 Å². The monoisotopic (exact) mass is 550 g/mol. The summed E-state index contributed by atoms with van der Waals surface area (Å²) in [4.78, 5) is 19.8. The lowest BCUT2D eigenvalue weighted by Gasteiger charge is -2.32. The van der Waals surface area contributed by atoms with Crippen LogP contribution in [0.4, 0.5) is 5.69 Å². The maximum Gasteiger partial charge on any atom is 0.255 e. The molecule has 0 radical (unpaired) electrons. The van der Waals surface area contributed by atoms with Crippen LogP contribution in [0.5, 0.6) is 5.75 Å². The number of ether oxygens (including phenoxy) is 1. The fourth-order valence-corrected chi connectivity index (χ4v) is 4.84. The lowest BCUT2D eigenvalue weighted by molar-refractivity contribution is 0.0943. The van der Waals surface area contributed by atoms with Crippen molar-refractivity contribution < 1.29 is 14.6 Å². The number of aromatic nitrogens is 2. The average molecular weight is 551 g/mol. The number of nitrogens with zero attached hydrogens (tertiary/aromatic N) is 3. The molecule has 196 valence electrons. The standard InChI is InChI=1S/C29H28Cl2N4O3/c30-23-8-4-20(5-9-23)16-35-19-32-15-25(35)17-34-12-13-38-28-26(2-1-3-27(28)34)29(37)33-14-22(18-36)21-6-10-24(31)11-7-21/h1-11,15,19,22,36H,12-14,16-18H2,(H,33,37). The topological polar surface area (TPSA) is 79.6 Å². The van der Waals surface area contributed by atoms with Crippen molar-refractivity contribution in [2.75, 3.05) is 31.2 Å². The van der Waals surface area contributed by atoms with Crippen LogP contribution in [0.3, 0.4) is 0 Å². The number of carbonyl (C=O) groups excluding carboxylic acids is 1. The summed E-state index contributed by atoms with van der Waals surface area (Å²) in [6, 6.07) is 20.7.